The average Bonchev–Trinajstić information content (AvgIpc) is 2.75. The number of halogens is 3. The summed E-state index contributed by atoms with van der Waals surface area (Å²) in [5.74, 6) is 2.16. The molecule has 4 unspecified atom stereocenters. The Labute approximate surface area is 177 Å². The van der Waals surface area contributed by atoms with Gasteiger partial charge in [0.25, 0.3) is 0 Å². The van der Waals surface area contributed by atoms with Crippen LogP contribution >= 0.6 is 0 Å². The summed E-state index contributed by atoms with van der Waals surface area (Å²) >= 11 is 0. The third kappa shape index (κ3) is 4.84. The Balaban J connectivity index is 1.40. The largest absolute Gasteiger partial charge is 0.432 e. The van der Waals surface area contributed by atoms with Crippen molar-refractivity contribution in [1.29, 1.82) is 0 Å². The molecule has 2 aliphatic rings. The normalized spacial score (nSPS) is 26.4. The topological polar surface area (TPSA) is 9.23 Å². The summed E-state index contributed by atoms with van der Waals surface area (Å²) in [6, 6.07) is 12.5. The SMILES string of the molecule is CCCC1CCC2CC(c3ccc(-c4ccc(OC(F)F)c(F)c4)cc3)CCC2C1. The summed E-state index contributed by atoms with van der Waals surface area (Å²) in [5.41, 5.74) is 2.92. The van der Waals surface area contributed by atoms with E-state index in [1.54, 1.807) is 6.07 Å². The predicted molar refractivity (Wildman–Crippen MR) is 114 cm³/mol. The molecule has 2 fully saturated rings. The molecule has 0 heterocycles. The summed E-state index contributed by atoms with van der Waals surface area (Å²) < 4.78 is 42.9. The van der Waals surface area contributed by atoms with Crippen LogP contribution in [0.5, 0.6) is 5.75 Å². The van der Waals surface area contributed by atoms with Gasteiger partial charge in [-0.15, -0.1) is 0 Å². The second-order valence-corrected chi connectivity index (χ2v) is 9.14. The van der Waals surface area contributed by atoms with Crippen molar-refractivity contribution in [1.82, 2.24) is 0 Å². The summed E-state index contributed by atoms with van der Waals surface area (Å²) in [7, 11) is 0. The maximum atomic E-state index is 14.0. The lowest BCUT2D eigenvalue weighted by atomic mass is 9.63. The molecule has 0 radical (unpaired) electrons. The third-order valence-corrected chi connectivity index (χ3v) is 7.28. The predicted octanol–water partition coefficient (Wildman–Crippen LogP) is 8.19. The molecule has 0 saturated heterocycles. The van der Waals surface area contributed by atoms with Crippen molar-refractivity contribution < 1.29 is 17.9 Å². The molecule has 0 N–H and O–H groups in total. The summed E-state index contributed by atoms with van der Waals surface area (Å²) in [4.78, 5) is 0. The van der Waals surface area contributed by atoms with Crippen molar-refractivity contribution in [3.8, 4) is 16.9 Å². The Morgan fingerprint density at radius 3 is 2.30 bits per heavy atom. The first-order chi connectivity index (χ1) is 14.5. The van der Waals surface area contributed by atoms with Crippen LogP contribution < -0.4 is 4.74 Å². The number of ether oxygens (including phenoxy) is 1. The molecule has 0 spiro atoms. The minimum absolute atomic E-state index is 0.421. The first-order valence-corrected chi connectivity index (χ1v) is 11.4. The highest BCUT2D eigenvalue weighted by Gasteiger charge is 2.35. The van der Waals surface area contributed by atoms with E-state index in [0.29, 0.717) is 11.5 Å². The molecule has 0 amide bonds. The molecular formula is C26H31F3O. The van der Waals surface area contributed by atoms with E-state index in [1.807, 2.05) is 12.1 Å². The monoisotopic (exact) mass is 416 g/mol. The highest BCUT2D eigenvalue weighted by atomic mass is 19.3. The van der Waals surface area contributed by atoms with E-state index in [9.17, 15) is 13.2 Å². The number of hydrogen-bond acceptors (Lipinski definition) is 1. The number of hydrogen-bond donors (Lipinski definition) is 0. The zero-order valence-electron chi connectivity index (χ0n) is 17.6. The van der Waals surface area contributed by atoms with Crippen LogP contribution in [-0.4, -0.2) is 6.61 Å². The Morgan fingerprint density at radius 2 is 1.60 bits per heavy atom. The van der Waals surface area contributed by atoms with Gasteiger partial charge in [-0.3, -0.25) is 0 Å². The van der Waals surface area contributed by atoms with Gasteiger partial charge in [0.2, 0.25) is 0 Å². The van der Waals surface area contributed by atoms with Crippen LogP contribution in [0.2, 0.25) is 0 Å². The van der Waals surface area contributed by atoms with Gasteiger partial charge in [-0.1, -0.05) is 56.5 Å². The van der Waals surface area contributed by atoms with E-state index in [2.05, 4.69) is 23.8 Å². The van der Waals surface area contributed by atoms with Gasteiger partial charge in [-0.05, 0) is 84.6 Å². The van der Waals surface area contributed by atoms with Gasteiger partial charge in [0, 0.05) is 0 Å². The second kappa shape index (κ2) is 9.45. The number of fused-ring (bicyclic) bond motifs is 1. The van der Waals surface area contributed by atoms with Crippen molar-refractivity contribution in [3.05, 3.63) is 53.8 Å². The molecule has 4 rings (SSSR count). The molecule has 0 bridgehead atoms. The summed E-state index contributed by atoms with van der Waals surface area (Å²) in [6.07, 6.45) is 10.8. The Kier molecular flexibility index (Phi) is 6.70. The van der Waals surface area contributed by atoms with Gasteiger partial charge < -0.3 is 4.74 Å². The van der Waals surface area contributed by atoms with Crippen molar-refractivity contribution in [2.24, 2.45) is 17.8 Å². The van der Waals surface area contributed by atoms with Crippen LogP contribution in [0.25, 0.3) is 11.1 Å². The Bertz CT molecular complexity index is 833. The van der Waals surface area contributed by atoms with Crippen molar-refractivity contribution in [3.63, 3.8) is 0 Å². The molecule has 30 heavy (non-hydrogen) atoms. The van der Waals surface area contributed by atoms with Crippen LogP contribution in [0.15, 0.2) is 42.5 Å². The average molecular weight is 417 g/mol. The molecule has 2 aliphatic carbocycles. The number of alkyl halides is 2. The van der Waals surface area contributed by atoms with Crippen LogP contribution in [0, 0.1) is 23.6 Å². The summed E-state index contributed by atoms with van der Waals surface area (Å²) in [6.45, 7) is -0.728. The van der Waals surface area contributed by atoms with Crippen LogP contribution in [0.3, 0.4) is 0 Å². The highest BCUT2D eigenvalue weighted by Crippen LogP contribution is 2.48. The van der Waals surface area contributed by atoms with Gasteiger partial charge in [-0.25, -0.2) is 4.39 Å². The van der Waals surface area contributed by atoms with E-state index in [1.165, 1.54) is 69.1 Å². The van der Waals surface area contributed by atoms with E-state index < -0.39 is 18.2 Å². The standard InChI is InChI=1S/C26H31F3O/c1-2-3-17-4-5-22-15-21(11-10-20(22)14-17)18-6-8-19(9-7-18)23-12-13-25(24(27)16-23)30-26(28)29/h6-9,12-13,16-17,20-22,26H,2-5,10-11,14-15H2,1H3. The first-order valence-electron chi connectivity index (χ1n) is 11.4. The fourth-order valence-corrected chi connectivity index (χ4v) is 5.78. The van der Waals surface area contributed by atoms with E-state index in [0.717, 1.165) is 23.3 Å². The highest BCUT2D eigenvalue weighted by molar-refractivity contribution is 5.64. The fourth-order valence-electron chi connectivity index (χ4n) is 5.78. The number of rotatable bonds is 6. The van der Waals surface area contributed by atoms with Crippen LogP contribution in [-0.2, 0) is 0 Å². The van der Waals surface area contributed by atoms with Crippen LogP contribution in [0.1, 0.15) is 69.8 Å². The van der Waals surface area contributed by atoms with Gasteiger partial charge in [0.05, 0.1) is 0 Å². The first kappa shape index (κ1) is 21.3. The molecule has 2 aromatic carbocycles. The minimum Gasteiger partial charge on any atom is -0.432 e. The minimum atomic E-state index is -3.03. The molecule has 1 nitrogen and oxygen atoms in total. The summed E-state index contributed by atoms with van der Waals surface area (Å²) in [5, 5.41) is 0. The molecule has 4 heteroatoms. The molecule has 4 atom stereocenters. The van der Waals surface area contributed by atoms with Gasteiger partial charge in [-0.2, -0.15) is 8.78 Å². The third-order valence-electron chi connectivity index (χ3n) is 7.28. The zero-order chi connectivity index (χ0) is 21.1. The zero-order valence-corrected chi connectivity index (χ0v) is 17.6. The quantitative estimate of drug-likeness (QED) is 0.461. The Morgan fingerprint density at radius 1 is 0.900 bits per heavy atom. The van der Waals surface area contributed by atoms with E-state index in [-0.39, 0.29) is 0 Å². The molecule has 162 valence electrons. The lowest BCUT2D eigenvalue weighted by molar-refractivity contribution is -0.0521. The smallest absolute Gasteiger partial charge is 0.387 e. The molecule has 0 aliphatic heterocycles. The van der Waals surface area contributed by atoms with Crippen LogP contribution in [0.4, 0.5) is 13.2 Å². The van der Waals surface area contributed by atoms with Gasteiger partial charge in [0.15, 0.2) is 11.6 Å². The lowest BCUT2D eigenvalue weighted by Gasteiger charge is -2.42. The van der Waals surface area contributed by atoms with Gasteiger partial charge in [0.1, 0.15) is 0 Å². The number of benzene rings is 2. The second-order valence-electron chi connectivity index (χ2n) is 9.14. The van der Waals surface area contributed by atoms with E-state index >= 15 is 0 Å². The molecule has 2 aromatic rings. The Hall–Kier alpha value is -1.97. The maximum Gasteiger partial charge on any atom is 0.387 e. The molecule has 2 saturated carbocycles. The van der Waals surface area contributed by atoms with Crippen molar-refractivity contribution >= 4 is 0 Å². The van der Waals surface area contributed by atoms with Crippen molar-refractivity contribution in [2.75, 3.05) is 0 Å². The lowest BCUT2D eigenvalue weighted by Crippen LogP contribution is -2.30. The molecule has 0 aromatic heterocycles. The van der Waals surface area contributed by atoms with Crippen molar-refractivity contribution in [2.45, 2.75) is 70.8 Å². The van der Waals surface area contributed by atoms with Gasteiger partial charge >= 0.3 is 6.61 Å². The maximum absolute atomic E-state index is 14.0. The molecular weight excluding hydrogens is 385 g/mol. The van der Waals surface area contributed by atoms with E-state index in [4.69, 9.17) is 0 Å². The fraction of sp³-hybridized carbons (Fsp3) is 0.538.